The fourth-order valence-corrected chi connectivity index (χ4v) is 4.18. The summed E-state index contributed by atoms with van der Waals surface area (Å²) in [6.07, 6.45) is 0.774. The van der Waals surface area contributed by atoms with Crippen LogP contribution in [0.1, 0.15) is 6.42 Å². The molecule has 1 aliphatic heterocycles. The number of sulfonamides is 1. The topological polar surface area (TPSA) is 59.1 Å². The van der Waals surface area contributed by atoms with Gasteiger partial charge in [-0.2, -0.15) is 0 Å². The fraction of sp³-hybridized carbons (Fsp3) is 0.368. The van der Waals surface area contributed by atoms with E-state index in [1.165, 1.54) is 4.31 Å². The summed E-state index contributed by atoms with van der Waals surface area (Å²) in [6.45, 7) is 2.05. The van der Waals surface area contributed by atoms with Crippen LogP contribution in [-0.2, 0) is 10.0 Å². The van der Waals surface area contributed by atoms with E-state index >= 15 is 0 Å². The third-order valence-corrected chi connectivity index (χ3v) is 5.92. The lowest BCUT2D eigenvalue weighted by Gasteiger charge is -2.26. The molecule has 7 heteroatoms. The lowest BCUT2D eigenvalue weighted by Crippen LogP contribution is -2.36. The molecule has 0 N–H and O–H groups in total. The van der Waals surface area contributed by atoms with Crippen LogP contribution >= 0.6 is 0 Å². The summed E-state index contributed by atoms with van der Waals surface area (Å²) >= 11 is 0. The number of anilines is 1. The second-order valence-electron chi connectivity index (χ2n) is 6.38. The standard InChI is InChI=1S/C19H24N2O4S/c1-20(2)11-12-21(16-7-4-3-5-8-16)26(22,23)17-9-10-18-19(15-17)25-14-6-13-24-18/h3-5,7-10,15H,6,11-14H2,1-2H3. The lowest BCUT2D eigenvalue weighted by atomic mass is 10.3. The molecule has 0 bridgehead atoms. The molecule has 1 aliphatic rings. The zero-order chi connectivity index (χ0) is 18.6. The lowest BCUT2D eigenvalue weighted by molar-refractivity contribution is 0.297. The number of para-hydroxylation sites is 1. The molecule has 1 heterocycles. The molecule has 0 radical (unpaired) electrons. The number of hydrogen-bond acceptors (Lipinski definition) is 5. The first-order valence-corrected chi connectivity index (χ1v) is 10.0. The summed E-state index contributed by atoms with van der Waals surface area (Å²) in [6, 6.07) is 13.9. The third-order valence-electron chi connectivity index (χ3n) is 4.10. The van der Waals surface area contributed by atoms with Gasteiger partial charge in [-0.05, 0) is 38.4 Å². The second kappa shape index (κ2) is 7.97. The zero-order valence-electron chi connectivity index (χ0n) is 15.1. The highest BCUT2D eigenvalue weighted by molar-refractivity contribution is 7.92. The van der Waals surface area contributed by atoms with Gasteiger partial charge in [-0.3, -0.25) is 4.31 Å². The Morgan fingerprint density at radius 3 is 2.31 bits per heavy atom. The average molecular weight is 376 g/mol. The van der Waals surface area contributed by atoms with E-state index in [2.05, 4.69) is 0 Å². The molecule has 0 aromatic heterocycles. The van der Waals surface area contributed by atoms with Crippen molar-refractivity contribution in [2.45, 2.75) is 11.3 Å². The molecule has 26 heavy (non-hydrogen) atoms. The first kappa shape index (κ1) is 18.5. The Morgan fingerprint density at radius 2 is 1.62 bits per heavy atom. The van der Waals surface area contributed by atoms with Gasteiger partial charge in [0.05, 0.1) is 23.8 Å². The van der Waals surface area contributed by atoms with Gasteiger partial charge in [-0.25, -0.2) is 8.42 Å². The minimum atomic E-state index is -3.72. The average Bonchev–Trinajstić information content (AvgIpc) is 2.87. The van der Waals surface area contributed by atoms with E-state index in [0.29, 0.717) is 43.5 Å². The predicted molar refractivity (Wildman–Crippen MR) is 102 cm³/mol. The van der Waals surface area contributed by atoms with E-state index in [9.17, 15) is 8.42 Å². The Bertz CT molecular complexity index is 838. The number of likely N-dealkylation sites (N-methyl/N-ethyl adjacent to an activating group) is 1. The maximum Gasteiger partial charge on any atom is 0.264 e. The van der Waals surface area contributed by atoms with Crippen LogP contribution in [0.4, 0.5) is 5.69 Å². The van der Waals surface area contributed by atoms with Gasteiger partial charge in [0.15, 0.2) is 11.5 Å². The Balaban J connectivity index is 1.98. The highest BCUT2D eigenvalue weighted by Crippen LogP contribution is 2.33. The van der Waals surface area contributed by atoms with Gasteiger partial charge >= 0.3 is 0 Å². The van der Waals surface area contributed by atoms with Crippen LogP contribution in [0, 0.1) is 0 Å². The molecule has 0 atom stereocenters. The Labute approximate surface area is 155 Å². The highest BCUT2D eigenvalue weighted by Gasteiger charge is 2.26. The number of rotatable bonds is 6. The predicted octanol–water partition coefficient (Wildman–Crippen LogP) is 2.60. The van der Waals surface area contributed by atoms with Crippen LogP contribution < -0.4 is 13.8 Å². The van der Waals surface area contributed by atoms with Crippen LogP contribution in [0.25, 0.3) is 0 Å². The molecular formula is C19H24N2O4S. The van der Waals surface area contributed by atoms with Gasteiger partial charge < -0.3 is 14.4 Å². The van der Waals surface area contributed by atoms with Gasteiger partial charge in [-0.15, -0.1) is 0 Å². The van der Waals surface area contributed by atoms with Gasteiger partial charge in [0.25, 0.3) is 10.0 Å². The molecule has 0 fully saturated rings. The molecule has 6 nitrogen and oxygen atoms in total. The van der Waals surface area contributed by atoms with Crippen molar-refractivity contribution in [2.75, 3.05) is 44.7 Å². The maximum absolute atomic E-state index is 13.3. The number of fused-ring (bicyclic) bond motifs is 1. The van der Waals surface area contributed by atoms with Crippen molar-refractivity contribution in [3.8, 4) is 11.5 Å². The summed E-state index contributed by atoms with van der Waals surface area (Å²) in [5, 5.41) is 0. The van der Waals surface area contributed by atoms with Crippen molar-refractivity contribution in [2.24, 2.45) is 0 Å². The largest absolute Gasteiger partial charge is 0.490 e. The first-order valence-electron chi connectivity index (χ1n) is 8.60. The van der Waals surface area contributed by atoms with Crippen LogP contribution in [0.2, 0.25) is 0 Å². The first-order chi connectivity index (χ1) is 12.5. The zero-order valence-corrected chi connectivity index (χ0v) is 15.9. The minimum absolute atomic E-state index is 0.198. The molecule has 0 saturated carbocycles. The quantitative estimate of drug-likeness (QED) is 0.776. The van der Waals surface area contributed by atoms with Gasteiger partial charge in [-0.1, -0.05) is 18.2 Å². The van der Waals surface area contributed by atoms with Gasteiger partial charge in [0.2, 0.25) is 0 Å². The van der Waals surface area contributed by atoms with Crippen LogP contribution in [-0.4, -0.2) is 53.7 Å². The highest BCUT2D eigenvalue weighted by atomic mass is 32.2. The summed E-state index contributed by atoms with van der Waals surface area (Å²) < 4.78 is 39.3. The van der Waals surface area contributed by atoms with Gasteiger partial charge in [0.1, 0.15) is 0 Å². The summed E-state index contributed by atoms with van der Waals surface area (Å²) in [5.41, 5.74) is 0.640. The molecule has 0 spiro atoms. The summed E-state index contributed by atoms with van der Waals surface area (Å²) in [4.78, 5) is 2.16. The molecule has 2 aromatic rings. The van der Waals surface area contributed by atoms with E-state index in [4.69, 9.17) is 9.47 Å². The fourth-order valence-electron chi connectivity index (χ4n) is 2.70. The Hall–Kier alpha value is -2.25. The maximum atomic E-state index is 13.3. The van der Waals surface area contributed by atoms with Crippen LogP contribution in [0.15, 0.2) is 53.4 Å². The van der Waals surface area contributed by atoms with Crippen LogP contribution in [0.5, 0.6) is 11.5 Å². The van der Waals surface area contributed by atoms with Crippen molar-refractivity contribution >= 4 is 15.7 Å². The van der Waals surface area contributed by atoms with Crippen molar-refractivity contribution in [3.63, 3.8) is 0 Å². The normalized spacial score (nSPS) is 14.1. The third kappa shape index (κ3) is 4.11. The van der Waals surface area contributed by atoms with Gasteiger partial charge in [0, 0.05) is 25.6 Å². The summed E-state index contributed by atoms with van der Waals surface area (Å²) in [5.74, 6) is 1.06. The number of nitrogens with zero attached hydrogens (tertiary/aromatic N) is 2. The van der Waals surface area contributed by atoms with E-state index < -0.39 is 10.0 Å². The molecule has 0 saturated heterocycles. The molecular weight excluding hydrogens is 352 g/mol. The second-order valence-corrected chi connectivity index (χ2v) is 8.24. The van der Waals surface area contributed by atoms with Crippen LogP contribution in [0.3, 0.4) is 0 Å². The Morgan fingerprint density at radius 1 is 0.923 bits per heavy atom. The SMILES string of the molecule is CN(C)CCN(c1ccccc1)S(=O)(=O)c1ccc2c(c1)OCCCO2. The molecule has 3 rings (SSSR count). The smallest absolute Gasteiger partial charge is 0.264 e. The van der Waals surface area contributed by atoms with Crippen molar-refractivity contribution in [1.29, 1.82) is 0 Å². The summed E-state index contributed by atoms with van der Waals surface area (Å²) in [7, 11) is 0.116. The van der Waals surface area contributed by atoms with Crippen molar-refractivity contribution < 1.29 is 17.9 Å². The number of ether oxygens (including phenoxy) is 2. The molecule has 140 valence electrons. The number of benzene rings is 2. The van der Waals surface area contributed by atoms with Crippen molar-refractivity contribution in [1.82, 2.24) is 4.90 Å². The van der Waals surface area contributed by atoms with E-state index in [1.807, 2.05) is 37.2 Å². The molecule has 0 aliphatic carbocycles. The molecule has 2 aromatic carbocycles. The Kier molecular flexibility index (Phi) is 5.68. The molecule has 0 unspecified atom stereocenters. The monoisotopic (exact) mass is 376 g/mol. The number of hydrogen-bond donors (Lipinski definition) is 0. The minimum Gasteiger partial charge on any atom is -0.490 e. The van der Waals surface area contributed by atoms with E-state index in [-0.39, 0.29) is 4.90 Å². The van der Waals surface area contributed by atoms with E-state index in [1.54, 1.807) is 30.3 Å². The van der Waals surface area contributed by atoms with Crippen molar-refractivity contribution in [3.05, 3.63) is 48.5 Å². The molecule has 0 amide bonds. The van der Waals surface area contributed by atoms with E-state index in [0.717, 1.165) is 6.42 Å².